The number of hydrogen-bond acceptors (Lipinski definition) is 2. The van der Waals surface area contributed by atoms with Gasteiger partial charge in [-0.1, -0.05) is 94.7 Å². The molecule has 0 bridgehead atoms. The zero-order valence-electron chi connectivity index (χ0n) is 17.9. The largest absolute Gasteiger partial charge is 0.392 e. The second kappa shape index (κ2) is 10.9. The molecule has 0 saturated carbocycles. The maximum atomic E-state index is 10.9. The molecule has 0 radical (unpaired) electrons. The van der Waals surface area contributed by atoms with Crippen LogP contribution in [0.25, 0.3) is 0 Å². The summed E-state index contributed by atoms with van der Waals surface area (Å²) >= 11 is 1.79. The number of hydrogen-bond donors (Lipinski definition) is 1. The van der Waals surface area contributed by atoms with Crippen LogP contribution in [-0.2, 0) is 0 Å². The molecule has 4 atom stereocenters. The Kier molecular flexibility index (Phi) is 8.88. The summed E-state index contributed by atoms with van der Waals surface area (Å²) in [4.78, 5) is 1.21. The van der Waals surface area contributed by atoms with Gasteiger partial charge in [-0.15, -0.1) is 17.3 Å². The van der Waals surface area contributed by atoms with Gasteiger partial charge < -0.3 is 5.11 Å². The molecule has 0 aliphatic carbocycles. The molecular formula is C25H34OSSi. The van der Waals surface area contributed by atoms with Gasteiger partial charge in [0.15, 0.2) is 8.07 Å². The highest BCUT2D eigenvalue weighted by Gasteiger charge is 2.28. The molecule has 4 unspecified atom stereocenters. The van der Waals surface area contributed by atoms with Crippen molar-refractivity contribution in [3.63, 3.8) is 0 Å². The van der Waals surface area contributed by atoms with Crippen molar-refractivity contribution in [2.75, 3.05) is 0 Å². The van der Waals surface area contributed by atoms with Gasteiger partial charge in [0, 0.05) is 10.8 Å². The van der Waals surface area contributed by atoms with E-state index in [2.05, 4.69) is 99.9 Å². The molecule has 150 valence electrons. The molecule has 0 amide bonds. The van der Waals surface area contributed by atoms with Crippen LogP contribution >= 0.6 is 11.8 Å². The van der Waals surface area contributed by atoms with Gasteiger partial charge in [0.25, 0.3) is 0 Å². The summed E-state index contributed by atoms with van der Waals surface area (Å²) < 4.78 is 0. The van der Waals surface area contributed by atoms with Crippen LogP contribution < -0.4 is 5.19 Å². The standard InChI is InChI=1S/C25H34OSSi/c1-6-13-20(2)25(26)21(3)24(27-22-14-9-7-10-15-22)18-19-28(4,5)23-16-11-8-12-17-23/h7-12,14-17,20-21,24-26H,6,13H2,1-5H3. The number of aliphatic hydroxyl groups excluding tert-OH is 1. The Morgan fingerprint density at radius 2 is 1.54 bits per heavy atom. The van der Waals surface area contributed by atoms with Crippen molar-refractivity contribution in [2.24, 2.45) is 11.8 Å². The Morgan fingerprint density at radius 3 is 2.11 bits per heavy atom. The average molecular weight is 411 g/mol. The summed E-state index contributed by atoms with van der Waals surface area (Å²) in [6, 6.07) is 21.1. The monoisotopic (exact) mass is 410 g/mol. The van der Waals surface area contributed by atoms with Crippen LogP contribution in [0, 0.1) is 23.3 Å². The van der Waals surface area contributed by atoms with E-state index in [1.165, 1.54) is 10.1 Å². The minimum absolute atomic E-state index is 0.0761. The van der Waals surface area contributed by atoms with E-state index >= 15 is 0 Å². The molecule has 28 heavy (non-hydrogen) atoms. The van der Waals surface area contributed by atoms with E-state index < -0.39 is 8.07 Å². The average Bonchev–Trinajstić information content (AvgIpc) is 2.71. The van der Waals surface area contributed by atoms with Gasteiger partial charge in [0.05, 0.1) is 11.4 Å². The van der Waals surface area contributed by atoms with Crippen LogP contribution in [-0.4, -0.2) is 24.5 Å². The molecule has 0 heterocycles. The zero-order chi connectivity index (χ0) is 20.6. The molecule has 3 heteroatoms. The lowest BCUT2D eigenvalue weighted by molar-refractivity contribution is 0.0647. The highest BCUT2D eigenvalue weighted by molar-refractivity contribution is 8.00. The fourth-order valence-corrected chi connectivity index (χ4v) is 6.31. The molecule has 2 aromatic rings. The molecule has 0 aliphatic heterocycles. The summed E-state index contributed by atoms with van der Waals surface area (Å²) in [6.07, 6.45) is 1.81. The van der Waals surface area contributed by atoms with E-state index in [1.54, 1.807) is 11.8 Å². The fraction of sp³-hybridized carbons (Fsp3) is 0.440. The molecule has 0 aliphatic rings. The summed E-state index contributed by atoms with van der Waals surface area (Å²) in [6.45, 7) is 11.1. The first-order valence-corrected chi connectivity index (χ1v) is 14.2. The van der Waals surface area contributed by atoms with Gasteiger partial charge in [0.1, 0.15) is 0 Å². The molecule has 0 aromatic heterocycles. The first kappa shape index (κ1) is 22.8. The van der Waals surface area contributed by atoms with E-state index in [4.69, 9.17) is 0 Å². The van der Waals surface area contributed by atoms with E-state index in [-0.39, 0.29) is 17.3 Å². The van der Waals surface area contributed by atoms with Crippen molar-refractivity contribution >= 4 is 25.0 Å². The first-order chi connectivity index (χ1) is 13.3. The van der Waals surface area contributed by atoms with E-state index in [0.717, 1.165) is 12.8 Å². The lowest BCUT2D eigenvalue weighted by atomic mass is 9.88. The van der Waals surface area contributed by atoms with Crippen LogP contribution in [0.1, 0.15) is 33.6 Å². The predicted molar refractivity (Wildman–Crippen MR) is 127 cm³/mol. The van der Waals surface area contributed by atoms with Crippen molar-refractivity contribution in [3.8, 4) is 11.5 Å². The van der Waals surface area contributed by atoms with E-state index in [1.807, 2.05) is 6.07 Å². The smallest absolute Gasteiger partial charge is 0.162 e. The van der Waals surface area contributed by atoms with Gasteiger partial charge in [0.2, 0.25) is 0 Å². The number of aliphatic hydroxyl groups is 1. The van der Waals surface area contributed by atoms with Crippen LogP contribution in [0.4, 0.5) is 0 Å². The fourth-order valence-electron chi connectivity index (χ4n) is 3.42. The SMILES string of the molecule is CCCC(C)C(O)C(C)C(C#C[Si](C)(C)c1ccccc1)Sc1ccccc1. The summed E-state index contributed by atoms with van der Waals surface area (Å²) in [5, 5.41) is 12.4. The van der Waals surface area contributed by atoms with E-state index in [9.17, 15) is 5.11 Å². The molecule has 2 aromatic carbocycles. The molecule has 1 N–H and O–H groups in total. The van der Waals surface area contributed by atoms with Gasteiger partial charge in [-0.3, -0.25) is 0 Å². The van der Waals surface area contributed by atoms with Crippen LogP contribution in [0.15, 0.2) is 65.6 Å². The van der Waals surface area contributed by atoms with Crippen molar-refractivity contribution in [1.82, 2.24) is 0 Å². The molecule has 2 rings (SSSR count). The van der Waals surface area contributed by atoms with Crippen molar-refractivity contribution in [1.29, 1.82) is 0 Å². The second-order valence-electron chi connectivity index (χ2n) is 8.23. The van der Waals surface area contributed by atoms with Crippen LogP contribution in [0.2, 0.25) is 13.1 Å². The second-order valence-corrected chi connectivity index (χ2v) is 13.5. The zero-order valence-corrected chi connectivity index (χ0v) is 19.7. The third-order valence-electron chi connectivity index (χ3n) is 5.37. The highest BCUT2D eigenvalue weighted by atomic mass is 32.2. The van der Waals surface area contributed by atoms with Crippen molar-refractivity contribution in [3.05, 3.63) is 60.7 Å². The van der Waals surface area contributed by atoms with Gasteiger partial charge in [-0.05, 0) is 29.7 Å². The lowest BCUT2D eigenvalue weighted by Crippen LogP contribution is -2.40. The third kappa shape index (κ3) is 6.55. The molecule has 1 nitrogen and oxygen atoms in total. The maximum absolute atomic E-state index is 10.9. The first-order valence-electron chi connectivity index (χ1n) is 10.3. The van der Waals surface area contributed by atoms with Gasteiger partial charge in [-0.25, -0.2) is 0 Å². The molecular weight excluding hydrogens is 376 g/mol. The van der Waals surface area contributed by atoms with Crippen LogP contribution in [0.3, 0.4) is 0 Å². The Morgan fingerprint density at radius 1 is 0.964 bits per heavy atom. The number of rotatable bonds is 8. The Balaban J connectivity index is 2.28. The maximum Gasteiger partial charge on any atom is 0.162 e. The Labute approximate surface area is 177 Å². The van der Waals surface area contributed by atoms with E-state index in [0.29, 0.717) is 5.92 Å². The minimum Gasteiger partial charge on any atom is -0.392 e. The Bertz CT molecular complexity index is 763. The quantitative estimate of drug-likeness (QED) is 0.340. The Hall–Kier alpha value is -1.47. The van der Waals surface area contributed by atoms with Crippen LogP contribution in [0.5, 0.6) is 0 Å². The summed E-state index contributed by atoms with van der Waals surface area (Å²) in [7, 11) is -1.84. The third-order valence-corrected chi connectivity index (χ3v) is 9.26. The van der Waals surface area contributed by atoms with Crippen molar-refractivity contribution in [2.45, 2.75) is 63.0 Å². The molecule has 0 fully saturated rings. The van der Waals surface area contributed by atoms with Crippen molar-refractivity contribution < 1.29 is 5.11 Å². The normalized spacial score (nSPS) is 15.8. The summed E-state index contributed by atoms with van der Waals surface area (Å²) in [5.41, 5.74) is 3.66. The van der Waals surface area contributed by atoms with Gasteiger partial charge in [-0.2, -0.15) is 0 Å². The minimum atomic E-state index is -1.84. The predicted octanol–water partition coefficient (Wildman–Crippen LogP) is 5.74. The molecule has 0 spiro atoms. The number of benzene rings is 2. The molecule has 0 saturated heterocycles. The number of thioether (sulfide) groups is 1. The topological polar surface area (TPSA) is 20.2 Å². The van der Waals surface area contributed by atoms with Gasteiger partial charge >= 0.3 is 0 Å². The lowest BCUT2D eigenvalue weighted by Gasteiger charge is -2.29. The highest BCUT2D eigenvalue weighted by Crippen LogP contribution is 2.32. The summed E-state index contributed by atoms with van der Waals surface area (Å²) in [5.74, 6) is 4.00.